The molecule has 1 aromatic heterocycles. The van der Waals surface area contributed by atoms with Gasteiger partial charge in [0.05, 0.1) is 0 Å². The van der Waals surface area contributed by atoms with Gasteiger partial charge >= 0.3 is 0 Å². The number of carbonyl (C=O) groups excluding carboxylic acids is 1. The Balaban J connectivity index is 1.46. The molecule has 1 fully saturated rings. The maximum Gasteiger partial charge on any atom is 0.225 e. The third kappa shape index (κ3) is 6.79. The largest absolute Gasteiger partial charge is 0.378 e. The number of amides is 1. The van der Waals surface area contributed by atoms with Crippen LogP contribution in [0.25, 0.3) is 0 Å². The number of aryl methyl sites for hydroxylation is 2. The Hall–Kier alpha value is -2.41. The minimum atomic E-state index is 0.0869. The van der Waals surface area contributed by atoms with Crippen molar-refractivity contribution >= 4 is 29.1 Å². The monoisotopic (exact) mass is 458 g/mol. The summed E-state index contributed by atoms with van der Waals surface area (Å²) in [6, 6.07) is 5.95. The summed E-state index contributed by atoms with van der Waals surface area (Å²) in [4.78, 5) is 28.0. The van der Waals surface area contributed by atoms with Gasteiger partial charge in [-0.1, -0.05) is 30.5 Å². The molecule has 8 heteroatoms. The summed E-state index contributed by atoms with van der Waals surface area (Å²) in [5.41, 5.74) is 2.00. The number of nitrogens with one attached hydrogen (secondary N) is 2. The third-order valence-corrected chi connectivity index (χ3v) is 6.54. The molecule has 0 aliphatic heterocycles. The molecular weight excluding hydrogens is 424 g/mol. The fraction of sp³-hybridized carbons (Fsp3) is 0.583. The van der Waals surface area contributed by atoms with Crippen LogP contribution in [0.4, 0.5) is 11.6 Å². The molecule has 1 amide bonds. The molecule has 0 spiro atoms. The van der Waals surface area contributed by atoms with E-state index in [2.05, 4.69) is 25.6 Å². The van der Waals surface area contributed by atoms with Gasteiger partial charge in [-0.2, -0.15) is 9.97 Å². The third-order valence-electron chi connectivity index (χ3n) is 6.19. The number of halogens is 1. The van der Waals surface area contributed by atoms with Gasteiger partial charge in [0.15, 0.2) is 0 Å². The molecule has 32 heavy (non-hydrogen) atoms. The van der Waals surface area contributed by atoms with E-state index in [-0.39, 0.29) is 11.8 Å². The lowest BCUT2D eigenvalue weighted by Crippen LogP contribution is -2.33. The topological polar surface area (TPSA) is 83.0 Å². The molecule has 7 nitrogen and oxygen atoms in total. The van der Waals surface area contributed by atoms with E-state index in [4.69, 9.17) is 11.6 Å². The Morgan fingerprint density at radius 3 is 2.75 bits per heavy atom. The minimum absolute atomic E-state index is 0.0869. The zero-order valence-electron chi connectivity index (χ0n) is 19.6. The Bertz CT molecular complexity index is 919. The zero-order valence-corrected chi connectivity index (χ0v) is 20.4. The Labute approximate surface area is 196 Å². The van der Waals surface area contributed by atoms with Crippen molar-refractivity contribution in [2.24, 2.45) is 11.8 Å². The van der Waals surface area contributed by atoms with Crippen molar-refractivity contribution in [3.63, 3.8) is 0 Å². The van der Waals surface area contributed by atoms with Crippen LogP contribution in [0.5, 0.6) is 0 Å². The number of aromatic nitrogens is 3. The van der Waals surface area contributed by atoms with E-state index in [0.29, 0.717) is 23.4 Å². The molecule has 0 bridgehead atoms. The average Bonchev–Trinajstić information content (AvgIpc) is 2.77. The van der Waals surface area contributed by atoms with Crippen molar-refractivity contribution in [2.45, 2.75) is 58.4 Å². The average molecular weight is 459 g/mol. The van der Waals surface area contributed by atoms with Crippen molar-refractivity contribution in [3.8, 4) is 0 Å². The lowest BCUT2D eigenvalue weighted by molar-refractivity contribution is -0.126. The normalized spacial score (nSPS) is 18.3. The van der Waals surface area contributed by atoms with E-state index in [1.807, 2.05) is 51.2 Å². The van der Waals surface area contributed by atoms with Crippen LogP contribution >= 0.6 is 11.6 Å². The Morgan fingerprint density at radius 2 is 2.03 bits per heavy atom. The van der Waals surface area contributed by atoms with Gasteiger partial charge in [-0.25, -0.2) is 4.98 Å². The van der Waals surface area contributed by atoms with E-state index in [9.17, 15) is 4.79 Å². The summed E-state index contributed by atoms with van der Waals surface area (Å²) in [7, 11) is 5.79. The number of hydrogen-bond donors (Lipinski definition) is 2. The minimum Gasteiger partial charge on any atom is -0.378 e. The molecule has 2 atom stereocenters. The number of nitrogens with zero attached hydrogens (tertiary/aromatic N) is 4. The molecule has 0 saturated heterocycles. The summed E-state index contributed by atoms with van der Waals surface area (Å²) in [6.07, 6.45) is 7.19. The maximum atomic E-state index is 12.8. The smallest absolute Gasteiger partial charge is 0.225 e. The Morgan fingerprint density at radius 1 is 1.22 bits per heavy atom. The molecule has 174 valence electrons. The van der Waals surface area contributed by atoms with Gasteiger partial charge in [0.2, 0.25) is 11.9 Å². The molecule has 1 saturated carbocycles. The first-order valence-corrected chi connectivity index (χ1v) is 11.9. The second kappa shape index (κ2) is 11.5. The van der Waals surface area contributed by atoms with Crippen LogP contribution in [0.3, 0.4) is 0 Å². The second-order valence-electron chi connectivity index (χ2n) is 8.88. The summed E-state index contributed by atoms with van der Waals surface area (Å²) in [5.74, 6) is 3.01. The van der Waals surface area contributed by atoms with E-state index >= 15 is 0 Å². The van der Waals surface area contributed by atoms with Crippen molar-refractivity contribution in [3.05, 3.63) is 40.4 Å². The predicted molar refractivity (Wildman–Crippen MR) is 130 cm³/mol. The highest BCUT2D eigenvalue weighted by Gasteiger charge is 2.27. The zero-order chi connectivity index (χ0) is 23.1. The van der Waals surface area contributed by atoms with Crippen LogP contribution in [0, 0.1) is 18.8 Å². The maximum absolute atomic E-state index is 12.8. The van der Waals surface area contributed by atoms with E-state index in [1.165, 1.54) is 6.42 Å². The van der Waals surface area contributed by atoms with Gasteiger partial charge in [0.1, 0.15) is 11.6 Å². The number of anilines is 2. The van der Waals surface area contributed by atoms with Gasteiger partial charge in [-0.05, 0) is 56.2 Å². The van der Waals surface area contributed by atoms with Crippen molar-refractivity contribution in [1.82, 2.24) is 20.3 Å². The van der Waals surface area contributed by atoms with E-state index < -0.39 is 0 Å². The highest BCUT2D eigenvalue weighted by atomic mass is 35.5. The van der Waals surface area contributed by atoms with Crippen LogP contribution in [0.2, 0.25) is 5.02 Å². The van der Waals surface area contributed by atoms with Crippen molar-refractivity contribution in [1.29, 1.82) is 0 Å². The summed E-state index contributed by atoms with van der Waals surface area (Å²) in [6.45, 7) is 2.36. The molecule has 1 aliphatic rings. The summed E-state index contributed by atoms with van der Waals surface area (Å²) < 4.78 is 0. The van der Waals surface area contributed by atoms with Crippen molar-refractivity contribution < 1.29 is 4.79 Å². The standard InChI is InChI=1S/C24H35ClN6O/c1-16-28-22(30-24(26-2)29-16)10-6-8-17-7-5-9-18(13-17)23(32)27-15-19-11-12-20(31(3)4)14-21(19)25/h11-12,14,17-18H,5-10,13,15H2,1-4H3,(H,27,32)(H,26,28,29,30)/t17-,18-/m0/s1. The molecule has 3 rings (SSSR count). The van der Waals surface area contributed by atoms with Crippen LogP contribution < -0.4 is 15.5 Å². The fourth-order valence-corrected chi connectivity index (χ4v) is 4.63. The lowest BCUT2D eigenvalue weighted by atomic mass is 9.78. The van der Waals surface area contributed by atoms with Gasteiger partial charge in [0, 0.05) is 50.7 Å². The number of rotatable bonds is 9. The van der Waals surface area contributed by atoms with Crippen molar-refractivity contribution in [2.75, 3.05) is 31.4 Å². The summed E-state index contributed by atoms with van der Waals surface area (Å²) in [5, 5.41) is 6.78. The molecular formula is C24H35ClN6O. The van der Waals surface area contributed by atoms with Gasteiger partial charge in [-0.3, -0.25) is 4.79 Å². The van der Waals surface area contributed by atoms with Gasteiger partial charge < -0.3 is 15.5 Å². The lowest BCUT2D eigenvalue weighted by Gasteiger charge is -2.28. The molecule has 0 radical (unpaired) electrons. The molecule has 0 unspecified atom stereocenters. The quantitative estimate of drug-likeness (QED) is 0.580. The number of benzene rings is 1. The first-order chi connectivity index (χ1) is 15.4. The molecule has 2 aromatic rings. The summed E-state index contributed by atoms with van der Waals surface area (Å²) >= 11 is 6.41. The Kier molecular flexibility index (Phi) is 8.67. The molecule has 2 N–H and O–H groups in total. The van der Waals surface area contributed by atoms with Crippen LogP contribution in [-0.4, -0.2) is 42.0 Å². The van der Waals surface area contributed by atoms with Crippen LogP contribution in [0.15, 0.2) is 18.2 Å². The van der Waals surface area contributed by atoms with E-state index in [0.717, 1.165) is 61.4 Å². The molecule has 1 aliphatic carbocycles. The highest BCUT2D eigenvalue weighted by Crippen LogP contribution is 2.32. The molecule has 1 heterocycles. The first kappa shape index (κ1) is 24.2. The SMILES string of the molecule is CNc1nc(C)nc(CCC[C@@H]2CCC[C@H](C(=O)NCc3ccc(N(C)C)cc3Cl)C2)n1. The molecule has 1 aromatic carbocycles. The second-order valence-corrected chi connectivity index (χ2v) is 9.29. The number of hydrogen-bond acceptors (Lipinski definition) is 6. The first-order valence-electron chi connectivity index (χ1n) is 11.5. The number of carbonyl (C=O) groups is 1. The van der Waals surface area contributed by atoms with E-state index in [1.54, 1.807) is 0 Å². The van der Waals surface area contributed by atoms with Gasteiger partial charge in [0.25, 0.3) is 0 Å². The fourth-order valence-electron chi connectivity index (χ4n) is 4.39. The predicted octanol–water partition coefficient (Wildman–Crippen LogP) is 4.39. The van der Waals surface area contributed by atoms with Gasteiger partial charge in [-0.15, -0.1) is 0 Å². The van der Waals surface area contributed by atoms with Crippen LogP contribution in [0.1, 0.15) is 55.7 Å². The highest BCUT2D eigenvalue weighted by molar-refractivity contribution is 6.31. The van der Waals surface area contributed by atoms with Crippen LogP contribution in [-0.2, 0) is 17.8 Å².